The SMILES string of the molecule is CSC(=N)c1c(F)cccc1F. The lowest BCUT2D eigenvalue weighted by Crippen LogP contribution is -2.00. The van der Waals surface area contributed by atoms with Gasteiger partial charge in [-0.1, -0.05) is 6.07 Å². The Bertz CT molecular complexity index is 292. The largest absolute Gasteiger partial charge is 0.293 e. The van der Waals surface area contributed by atoms with Gasteiger partial charge in [-0.05, 0) is 18.4 Å². The zero-order valence-corrected chi connectivity index (χ0v) is 7.21. The third-order valence-corrected chi connectivity index (χ3v) is 2.01. The molecule has 0 aliphatic heterocycles. The van der Waals surface area contributed by atoms with Gasteiger partial charge in [-0.25, -0.2) is 8.78 Å². The van der Waals surface area contributed by atoms with Crippen LogP contribution in [0.1, 0.15) is 5.56 Å². The molecule has 0 spiro atoms. The molecule has 0 amide bonds. The average Bonchev–Trinajstić information content (AvgIpc) is 2.03. The molecule has 4 heteroatoms. The molecule has 0 aliphatic carbocycles. The Labute approximate surface area is 73.3 Å². The van der Waals surface area contributed by atoms with Crippen LogP contribution in [0.25, 0.3) is 0 Å². The van der Waals surface area contributed by atoms with E-state index in [-0.39, 0.29) is 10.6 Å². The van der Waals surface area contributed by atoms with E-state index in [0.29, 0.717) is 0 Å². The molecule has 0 aliphatic rings. The number of benzene rings is 1. The first-order valence-corrected chi connectivity index (χ1v) is 4.46. The van der Waals surface area contributed by atoms with E-state index in [4.69, 9.17) is 5.41 Å². The molecule has 1 aromatic rings. The van der Waals surface area contributed by atoms with Gasteiger partial charge in [-0.15, -0.1) is 11.8 Å². The van der Waals surface area contributed by atoms with Gasteiger partial charge in [0.25, 0.3) is 0 Å². The van der Waals surface area contributed by atoms with Crippen LogP contribution in [0.5, 0.6) is 0 Å². The molecule has 12 heavy (non-hydrogen) atoms. The van der Waals surface area contributed by atoms with Gasteiger partial charge in [0.2, 0.25) is 0 Å². The lowest BCUT2D eigenvalue weighted by Gasteiger charge is -2.02. The summed E-state index contributed by atoms with van der Waals surface area (Å²) in [7, 11) is 0. The maximum absolute atomic E-state index is 12.9. The summed E-state index contributed by atoms with van der Waals surface area (Å²) < 4.78 is 25.8. The fourth-order valence-corrected chi connectivity index (χ4v) is 1.22. The zero-order valence-electron chi connectivity index (χ0n) is 6.40. The molecule has 1 aromatic carbocycles. The van der Waals surface area contributed by atoms with Crippen LogP contribution in [0.2, 0.25) is 0 Å². The van der Waals surface area contributed by atoms with E-state index in [9.17, 15) is 8.78 Å². The first-order chi connectivity index (χ1) is 5.66. The standard InChI is InChI=1S/C8H7F2NS/c1-12-8(11)7-5(9)3-2-4-6(7)10/h2-4,11H,1H3. The molecule has 0 aromatic heterocycles. The molecule has 0 saturated carbocycles. The Kier molecular flexibility index (Phi) is 2.81. The van der Waals surface area contributed by atoms with Gasteiger partial charge in [0, 0.05) is 0 Å². The predicted molar refractivity (Wildman–Crippen MR) is 46.7 cm³/mol. The summed E-state index contributed by atoms with van der Waals surface area (Å²) in [6, 6.07) is 3.56. The molecule has 0 unspecified atom stereocenters. The number of rotatable bonds is 1. The molecule has 0 fully saturated rings. The Morgan fingerprint density at radius 3 is 2.25 bits per heavy atom. The van der Waals surface area contributed by atoms with Crippen LogP contribution in [0, 0.1) is 17.0 Å². The van der Waals surface area contributed by atoms with Crippen LogP contribution in [0.4, 0.5) is 8.78 Å². The maximum Gasteiger partial charge on any atom is 0.136 e. The molecule has 0 radical (unpaired) electrons. The molecule has 0 heterocycles. The molecule has 1 nitrogen and oxygen atoms in total. The van der Waals surface area contributed by atoms with E-state index in [0.717, 1.165) is 23.9 Å². The van der Waals surface area contributed by atoms with Crippen LogP contribution in [0.3, 0.4) is 0 Å². The molecular formula is C8H7F2NS. The van der Waals surface area contributed by atoms with Crippen molar-refractivity contribution in [1.82, 2.24) is 0 Å². The van der Waals surface area contributed by atoms with E-state index in [2.05, 4.69) is 0 Å². The highest BCUT2D eigenvalue weighted by Crippen LogP contribution is 2.16. The topological polar surface area (TPSA) is 23.9 Å². The third kappa shape index (κ3) is 1.64. The summed E-state index contributed by atoms with van der Waals surface area (Å²) >= 11 is 1.01. The summed E-state index contributed by atoms with van der Waals surface area (Å²) in [5.74, 6) is -1.37. The highest BCUT2D eigenvalue weighted by atomic mass is 32.2. The number of thioether (sulfide) groups is 1. The number of nitrogens with one attached hydrogen (secondary N) is 1. The highest BCUT2D eigenvalue weighted by molar-refractivity contribution is 8.13. The minimum Gasteiger partial charge on any atom is -0.293 e. The summed E-state index contributed by atoms with van der Waals surface area (Å²) in [6.07, 6.45) is 1.61. The van der Waals surface area contributed by atoms with E-state index in [1.165, 1.54) is 6.07 Å². The van der Waals surface area contributed by atoms with E-state index >= 15 is 0 Å². The summed E-state index contributed by atoms with van der Waals surface area (Å²) in [6.45, 7) is 0. The number of hydrogen-bond donors (Lipinski definition) is 1. The summed E-state index contributed by atoms with van der Waals surface area (Å²) in [5.41, 5.74) is -0.245. The van der Waals surface area contributed by atoms with Gasteiger partial charge < -0.3 is 0 Å². The average molecular weight is 187 g/mol. The van der Waals surface area contributed by atoms with Crippen molar-refractivity contribution in [2.45, 2.75) is 0 Å². The van der Waals surface area contributed by atoms with Crippen molar-refractivity contribution in [3.8, 4) is 0 Å². The van der Waals surface area contributed by atoms with Gasteiger partial charge in [0.15, 0.2) is 0 Å². The van der Waals surface area contributed by atoms with E-state index in [1.54, 1.807) is 6.26 Å². The molecule has 0 atom stereocenters. The normalized spacial score (nSPS) is 9.92. The molecule has 1 rings (SSSR count). The molecule has 64 valence electrons. The lowest BCUT2D eigenvalue weighted by molar-refractivity contribution is 0.579. The van der Waals surface area contributed by atoms with Crippen molar-refractivity contribution < 1.29 is 8.78 Å². The van der Waals surface area contributed by atoms with Crippen LogP contribution in [-0.2, 0) is 0 Å². The molecular weight excluding hydrogens is 180 g/mol. The van der Waals surface area contributed by atoms with Crippen LogP contribution in [0.15, 0.2) is 18.2 Å². The van der Waals surface area contributed by atoms with Gasteiger partial charge in [-0.3, -0.25) is 5.41 Å². The van der Waals surface area contributed by atoms with Crippen molar-refractivity contribution >= 4 is 16.8 Å². The third-order valence-electron chi connectivity index (χ3n) is 1.39. The van der Waals surface area contributed by atoms with Crippen molar-refractivity contribution in [1.29, 1.82) is 5.41 Å². The van der Waals surface area contributed by atoms with Gasteiger partial charge >= 0.3 is 0 Å². The Morgan fingerprint density at radius 1 is 1.33 bits per heavy atom. The lowest BCUT2D eigenvalue weighted by atomic mass is 10.2. The number of halogens is 2. The summed E-state index contributed by atoms with van der Waals surface area (Å²) in [5, 5.41) is 7.15. The van der Waals surface area contributed by atoms with Gasteiger partial charge in [-0.2, -0.15) is 0 Å². The van der Waals surface area contributed by atoms with Gasteiger partial charge in [0.1, 0.15) is 11.6 Å². The monoisotopic (exact) mass is 187 g/mol. The minimum absolute atomic E-state index is 0.0920. The van der Waals surface area contributed by atoms with Crippen molar-refractivity contribution in [2.75, 3.05) is 6.26 Å². The van der Waals surface area contributed by atoms with Crippen molar-refractivity contribution in [2.24, 2.45) is 0 Å². The maximum atomic E-state index is 12.9. The second-order valence-corrected chi connectivity index (χ2v) is 2.95. The fraction of sp³-hybridized carbons (Fsp3) is 0.125. The van der Waals surface area contributed by atoms with E-state index in [1.807, 2.05) is 0 Å². The van der Waals surface area contributed by atoms with E-state index < -0.39 is 11.6 Å². The van der Waals surface area contributed by atoms with Crippen LogP contribution in [-0.4, -0.2) is 11.3 Å². The van der Waals surface area contributed by atoms with Crippen molar-refractivity contribution in [3.63, 3.8) is 0 Å². The molecule has 1 N–H and O–H groups in total. The quantitative estimate of drug-likeness (QED) is 0.530. The predicted octanol–water partition coefficient (Wildman–Crippen LogP) is 2.65. The minimum atomic E-state index is -0.686. The van der Waals surface area contributed by atoms with Crippen molar-refractivity contribution in [3.05, 3.63) is 35.4 Å². The highest BCUT2D eigenvalue weighted by Gasteiger charge is 2.11. The Morgan fingerprint density at radius 2 is 1.83 bits per heavy atom. The summed E-state index contributed by atoms with van der Waals surface area (Å²) in [4.78, 5) is 0. The first kappa shape index (κ1) is 9.19. The first-order valence-electron chi connectivity index (χ1n) is 3.23. The van der Waals surface area contributed by atoms with Crippen LogP contribution >= 0.6 is 11.8 Å². The van der Waals surface area contributed by atoms with Crippen LogP contribution < -0.4 is 0 Å². The zero-order chi connectivity index (χ0) is 9.14. The fourth-order valence-electron chi connectivity index (χ4n) is 0.817. The second kappa shape index (κ2) is 3.67. The molecule has 0 saturated heterocycles. The smallest absolute Gasteiger partial charge is 0.136 e. The Balaban J connectivity index is 3.21. The Hall–Kier alpha value is -0.900. The number of hydrogen-bond acceptors (Lipinski definition) is 2. The van der Waals surface area contributed by atoms with Gasteiger partial charge in [0.05, 0.1) is 10.6 Å². The molecule has 0 bridgehead atoms. The second-order valence-electron chi connectivity index (χ2n) is 2.13.